The van der Waals surface area contributed by atoms with Crippen LogP contribution in [-0.2, 0) is 6.42 Å². The molecule has 16 heavy (non-hydrogen) atoms. The molecule has 0 aromatic carbocycles. The van der Waals surface area contributed by atoms with Crippen molar-refractivity contribution in [2.75, 3.05) is 0 Å². The topological polar surface area (TPSA) is 56.0 Å². The monoisotopic (exact) mass is 216 g/mol. The number of carbonyl (C=O) groups is 1. The molecule has 0 fully saturated rings. The van der Waals surface area contributed by atoms with Crippen LogP contribution in [0, 0.1) is 13.8 Å². The van der Waals surface area contributed by atoms with Crippen LogP contribution in [0.1, 0.15) is 27.3 Å². The molecule has 82 valence electrons. The zero-order valence-corrected chi connectivity index (χ0v) is 9.23. The number of nitrogens with zero attached hydrogens (tertiary/aromatic N) is 2. The van der Waals surface area contributed by atoms with Crippen LogP contribution in [0.3, 0.4) is 0 Å². The summed E-state index contributed by atoms with van der Waals surface area (Å²) in [7, 11) is 0. The van der Waals surface area contributed by atoms with Gasteiger partial charge in [0.1, 0.15) is 0 Å². The Morgan fingerprint density at radius 1 is 1.38 bits per heavy atom. The van der Waals surface area contributed by atoms with E-state index in [0.29, 0.717) is 17.7 Å². The molecule has 0 saturated carbocycles. The lowest BCUT2D eigenvalue weighted by atomic mass is 10.0. The molecule has 2 rings (SSSR count). The summed E-state index contributed by atoms with van der Waals surface area (Å²) in [6.45, 7) is 3.61. The molecular weight excluding hydrogens is 204 g/mol. The van der Waals surface area contributed by atoms with Gasteiger partial charge in [-0.3, -0.25) is 4.79 Å². The van der Waals surface area contributed by atoms with Crippen LogP contribution in [0.25, 0.3) is 0 Å². The predicted octanol–water partition coefficient (Wildman–Crippen LogP) is 2.11. The fraction of sp³-hybridized carbons (Fsp3) is 0.250. The second-order valence-corrected chi connectivity index (χ2v) is 3.72. The molecule has 2 aromatic rings. The Morgan fingerprint density at radius 3 is 2.88 bits per heavy atom. The van der Waals surface area contributed by atoms with Crippen LogP contribution < -0.4 is 0 Å². The Balaban J connectivity index is 2.24. The summed E-state index contributed by atoms with van der Waals surface area (Å²) in [6, 6.07) is 3.56. The third-order valence-electron chi connectivity index (χ3n) is 2.35. The maximum Gasteiger partial charge on any atom is 0.169 e. The molecule has 0 aliphatic heterocycles. The number of aromatic nitrogens is 2. The van der Waals surface area contributed by atoms with Gasteiger partial charge in [-0.2, -0.15) is 10.2 Å². The number of hydrogen-bond donors (Lipinski definition) is 0. The zero-order valence-electron chi connectivity index (χ0n) is 9.23. The Kier molecular flexibility index (Phi) is 2.81. The van der Waals surface area contributed by atoms with Gasteiger partial charge in [-0.15, -0.1) is 0 Å². The first-order valence-electron chi connectivity index (χ1n) is 5.02. The largest absolute Gasteiger partial charge is 0.472 e. The Bertz CT molecular complexity index is 504. The summed E-state index contributed by atoms with van der Waals surface area (Å²) in [5.41, 5.74) is 2.92. The summed E-state index contributed by atoms with van der Waals surface area (Å²) in [6.07, 6.45) is 3.47. The van der Waals surface area contributed by atoms with E-state index in [4.69, 9.17) is 4.42 Å². The summed E-state index contributed by atoms with van der Waals surface area (Å²) < 4.78 is 4.93. The van der Waals surface area contributed by atoms with Crippen LogP contribution in [0.5, 0.6) is 0 Å². The lowest BCUT2D eigenvalue weighted by Crippen LogP contribution is -2.08. The van der Waals surface area contributed by atoms with Gasteiger partial charge in [0.25, 0.3) is 0 Å². The number of hydrogen-bond acceptors (Lipinski definition) is 4. The van der Waals surface area contributed by atoms with E-state index in [2.05, 4.69) is 10.2 Å². The summed E-state index contributed by atoms with van der Waals surface area (Å²) in [4.78, 5) is 12.0. The Hall–Kier alpha value is -1.97. The molecule has 4 heteroatoms. The number of aryl methyl sites for hydroxylation is 2. The molecule has 2 heterocycles. The normalized spacial score (nSPS) is 10.4. The number of carbonyl (C=O) groups excluding carboxylic acids is 1. The standard InChI is InChI=1S/C12H12N2O2/c1-8-5-11(9(2)14-13-8)12(15)6-10-3-4-16-7-10/h3-5,7H,6H2,1-2H3. The molecule has 0 amide bonds. The third kappa shape index (κ3) is 2.16. The molecule has 0 radical (unpaired) electrons. The van der Waals surface area contributed by atoms with E-state index in [1.807, 2.05) is 6.92 Å². The van der Waals surface area contributed by atoms with E-state index in [9.17, 15) is 4.79 Å². The first-order valence-corrected chi connectivity index (χ1v) is 5.02. The molecule has 4 nitrogen and oxygen atoms in total. The van der Waals surface area contributed by atoms with Crippen molar-refractivity contribution >= 4 is 5.78 Å². The second kappa shape index (κ2) is 4.26. The average Bonchev–Trinajstić information content (AvgIpc) is 2.74. The van der Waals surface area contributed by atoms with E-state index in [1.54, 1.807) is 31.6 Å². The van der Waals surface area contributed by atoms with Crippen molar-refractivity contribution in [3.63, 3.8) is 0 Å². The highest BCUT2D eigenvalue weighted by Crippen LogP contribution is 2.11. The molecule has 2 aromatic heterocycles. The van der Waals surface area contributed by atoms with Gasteiger partial charge in [-0.25, -0.2) is 0 Å². The summed E-state index contributed by atoms with van der Waals surface area (Å²) in [5.74, 6) is 0.0388. The van der Waals surface area contributed by atoms with Crippen molar-refractivity contribution in [1.29, 1.82) is 0 Å². The van der Waals surface area contributed by atoms with Crippen molar-refractivity contribution < 1.29 is 9.21 Å². The van der Waals surface area contributed by atoms with Crippen molar-refractivity contribution in [3.8, 4) is 0 Å². The summed E-state index contributed by atoms with van der Waals surface area (Å²) >= 11 is 0. The summed E-state index contributed by atoms with van der Waals surface area (Å²) in [5, 5.41) is 7.83. The second-order valence-electron chi connectivity index (χ2n) is 3.72. The van der Waals surface area contributed by atoms with Gasteiger partial charge in [0.15, 0.2) is 5.78 Å². The van der Waals surface area contributed by atoms with E-state index in [0.717, 1.165) is 11.3 Å². The molecule has 0 saturated heterocycles. The number of furan rings is 1. The van der Waals surface area contributed by atoms with Gasteiger partial charge in [-0.1, -0.05) is 0 Å². The van der Waals surface area contributed by atoms with E-state index in [1.165, 1.54) is 0 Å². The maximum absolute atomic E-state index is 12.0. The number of rotatable bonds is 3. The van der Waals surface area contributed by atoms with Crippen LogP contribution >= 0.6 is 0 Å². The molecule has 0 unspecified atom stereocenters. The van der Waals surface area contributed by atoms with Crippen molar-refractivity contribution in [2.24, 2.45) is 0 Å². The first-order chi connectivity index (χ1) is 7.66. The quantitative estimate of drug-likeness (QED) is 0.737. The minimum absolute atomic E-state index is 0.0388. The van der Waals surface area contributed by atoms with Gasteiger partial charge in [0, 0.05) is 12.0 Å². The molecule has 0 bridgehead atoms. The van der Waals surface area contributed by atoms with Crippen LogP contribution in [0.4, 0.5) is 0 Å². The number of Topliss-reactive ketones (excluding diaryl/α,β-unsaturated/α-hetero) is 1. The van der Waals surface area contributed by atoms with Gasteiger partial charge < -0.3 is 4.42 Å². The minimum atomic E-state index is 0.0388. The fourth-order valence-electron chi connectivity index (χ4n) is 1.51. The van der Waals surface area contributed by atoms with Gasteiger partial charge >= 0.3 is 0 Å². The van der Waals surface area contributed by atoms with Gasteiger partial charge in [-0.05, 0) is 31.5 Å². The third-order valence-corrected chi connectivity index (χ3v) is 2.35. The minimum Gasteiger partial charge on any atom is -0.472 e. The lowest BCUT2D eigenvalue weighted by Gasteiger charge is -2.03. The highest BCUT2D eigenvalue weighted by atomic mass is 16.3. The van der Waals surface area contributed by atoms with Crippen LogP contribution in [0.2, 0.25) is 0 Å². The lowest BCUT2D eigenvalue weighted by molar-refractivity contribution is 0.0991. The van der Waals surface area contributed by atoms with Crippen LogP contribution in [0.15, 0.2) is 29.1 Å². The van der Waals surface area contributed by atoms with Gasteiger partial charge in [0.2, 0.25) is 0 Å². The SMILES string of the molecule is Cc1cc(C(=O)Cc2ccoc2)c(C)nn1. The number of ketones is 1. The Morgan fingerprint density at radius 2 is 2.19 bits per heavy atom. The van der Waals surface area contributed by atoms with E-state index in [-0.39, 0.29) is 5.78 Å². The average molecular weight is 216 g/mol. The predicted molar refractivity (Wildman–Crippen MR) is 58.2 cm³/mol. The Labute approximate surface area is 93.3 Å². The molecule has 0 aliphatic rings. The molecular formula is C12H12N2O2. The highest BCUT2D eigenvalue weighted by Gasteiger charge is 2.12. The van der Waals surface area contributed by atoms with Crippen molar-refractivity contribution in [3.05, 3.63) is 47.2 Å². The molecule has 0 spiro atoms. The van der Waals surface area contributed by atoms with Gasteiger partial charge in [0.05, 0.1) is 23.9 Å². The molecule has 0 atom stereocenters. The fourth-order valence-corrected chi connectivity index (χ4v) is 1.51. The van der Waals surface area contributed by atoms with E-state index < -0.39 is 0 Å². The maximum atomic E-state index is 12.0. The van der Waals surface area contributed by atoms with Crippen molar-refractivity contribution in [1.82, 2.24) is 10.2 Å². The smallest absolute Gasteiger partial charge is 0.169 e. The van der Waals surface area contributed by atoms with Crippen molar-refractivity contribution in [2.45, 2.75) is 20.3 Å². The zero-order chi connectivity index (χ0) is 11.5. The molecule has 0 N–H and O–H groups in total. The molecule has 0 aliphatic carbocycles. The first kappa shape index (κ1) is 10.5. The van der Waals surface area contributed by atoms with E-state index >= 15 is 0 Å². The van der Waals surface area contributed by atoms with Crippen LogP contribution in [-0.4, -0.2) is 16.0 Å². The highest BCUT2D eigenvalue weighted by molar-refractivity contribution is 5.98.